The second-order valence-electron chi connectivity index (χ2n) is 2.68. The number of halogens is 3. The van der Waals surface area contributed by atoms with Crippen LogP contribution in [0.3, 0.4) is 0 Å². The van der Waals surface area contributed by atoms with E-state index in [9.17, 15) is 21.6 Å². The fraction of sp³-hybridized carbons (Fsp3) is 0.800. The van der Waals surface area contributed by atoms with Crippen LogP contribution in [0.25, 0.3) is 0 Å². The summed E-state index contributed by atoms with van der Waals surface area (Å²) >= 11 is 4.44. The smallest absolute Gasteiger partial charge is 0.392 e. The summed E-state index contributed by atoms with van der Waals surface area (Å²) in [6.45, 7) is -0.332. The van der Waals surface area contributed by atoms with Crippen molar-refractivity contribution in [3.8, 4) is 0 Å². The van der Waals surface area contributed by atoms with E-state index in [1.54, 1.807) is 0 Å². The van der Waals surface area contributed by atoms with Gasteiger partial charge in [0, 0.05) is 0 Å². The molecule has 0 heterocycles. The number of alkyl halides is 3. The maximum Gasteiger partial charge on any atom is 0.402 e. The molecule has 0 fully saturated rings. The van der Waals surface area contributed by atoms with Gasteiger partial charge >= 0.3 is 6.18 Å². The van der Waals surface area contributed by atoms with E-state index in [1.165, 1.54) is 11.6 Å². The van der Waals surface area contributed by atoms with Crippen LogP contribution in [0.2, 0.25) is 0 Å². The predicted molar refractivity (Wildman–Crippen MR) is 52.4 cm³/mol. The van der Waals surface area contributed by atoms with E-state index in [2.05, 4.69) is 12.2 Å². The molecule has 10 heteroatoms. The zero-order valence-electron chi connectivity index (χ0n) is 7.63. The second kappa shape index (κ2) is 5.05. The molecule has 15 heavy (non-hydrogen) atoms. The minimum atomic E-state index is -4.61. The topological polar surface area (TPSA) is 84.2 Å². The van der Waals surface area contributed by atoms with Gasteiger partial charge in [0.2, 0.25) is 0 Å². The number of nitrogens with one attached hydrogen (secondary N) is 2. The predicted octanol–water partition coefficient (Wildman–Crippen LogP) is -0.353. The molecule has 0 aliphatic carbocycles. The van der Waals surface area contributed by atoms with Gasteiger partial charge in [0.25, 0.3) is 10.2 Å². The Kier molecular flexibility index (Phi) is 4.90. The van der Waals surface area contributed by atoms with Gasteiger partial charge in [-0.25, -0.2) is 0 Å². The van der Waals surface area contributed by atoms with Crippen LogP contribution in [-0.4, -0.2) is 32.2 Å². The third kappa shape index (κ3) is 7.48. The highest BCUT2D eigenvalue weighted by atomic mass is 32.2. The molecule has 0 aromatic carbocycles. The van der Waals surface area contributed by atoms with Gasteiger partial charge in [-0.2, -0.15) is 31.0 Å². The van der Waals surface area contributed by atoms with Crippen molar-refractivity contribution >= 4 is 27.4 Å². The quantitative estimate of drug-likeness (QED) is 0.593. The van der Waals surface area contributed by atoms with E-state index >= 15 is 0 Å². The first-order chi connectivity index (χ1) is 6.53. The molecule has 0 radical (unpaired) electrons. The molecular formula is C5H10F3N3O2S2. The number of hydrogen-bond donors (Lipinski definition) is 3. The van der Waals surface area contributed by atoms with Gasteiger partial charge in [0.15, 0.2) is 0 Å². The van der Waals surface area contributed by atoms with E-state index in [0.29, 0.717) is 0 Å². The Morgan fingerprint density at radius 1 is 1.53 bits per heavy atom. The van der Waals surface area contributed by atoms with Crippen LogP contribution in [0.1, 0.15) is 6.92 Å². The first-order valence-electron chi connectivity index (χ1n) is 3.66. The molecule has 0 aromatic rings. The molecule has 0 saturated heterocycles. The number of nitrogens with two attached hydrogens (primary N) is 1. The minimum Gasteiger partial charge on any atom is -0.392 e. The summed E-state index contributed by atoms with van der Waals surface area (Å²) in [5.41, 5.74) is 5.08. The Labute approximate surface area is 90.4 Å². The lowest BCUT2D eigenvalue weighted by Crippen LogP contribution is -2.48. The summed E-state index contributed by atoms with van der Waals surface area (Å²) < 4.78 is 60.1. The Balaban J connectivity index is 4.27. The van der Waals surface area contributed by atoms with Gasteiger partial charge in [0.05, 0.1) is 11.0 Å². The van der Waals surface area contributed by atoms with Crippen molar-refractivity contribution in [3.05, 3.63) is 0 Å². The van der Waals surface area contributed by atoms with Crippen LogP contribution in [-0.2, 0) is 10.2 Å². The van der Waals surface area contributed by atoms with Gasteiger partial charge in [-0.15, -0.1) is 0 Å². The van der Waals surface area contributed by atoms with Crippen LogP contribution in [0, 0.1) is 0 Å². The van der Waals surface area contributed by atoms with E-state index in [1.807, 2.05) is 4.72 Å². The molecule has 0 aliphatic heterocycles. The van der Waals surface area contributed by atoms with Crippen molar-refractivity contribution in [1.82, 2.24) is 9.44 Å². The highest BCUT2D eigenvalue weighted by Gasteiger charge is 2.29. The number of thiocarbonyl (C=S) groups is 1. The van der Waals surface area contributed by atoms with E-state index in [0.717, 1.165) is 0 Å². The Bertz CT molecular complexity index is 327. The van der Waals surface area contributed by atoms with Crippen LogP contribution in [0.5, 0.6) is 0 Å². The fourth-order valence-electron chi connectivity index (χ4n) is 0.509. The lowest BCUT2D eigenvalue weighted by atomic mass is 10.4. The highest BCUT2D eigenvalue weighted by Crippen LogP contribution is 2.12. The van der Waals surface area contributed by atoms with E-state index in [-0.39, 0.29) is 4.99 Å². The zero-order chi connectivity index (χ0) is 12.3. The first-order valence-corrected chi connectivity index (χ1v) is 5.55. The van der Waals surface area contributed by atoms with E-state index < -0.39 is 29.0 Å². The summed E-state index contributed by atoms with van der Waals surface area (Å²) in [5, 5.41) is 0. The summed E-state index contributed by atoms with van der Waals surface area (Å²) in [6, 6.07) is -0.911. The number of hydrogen-bond acceptors (Lipinski definition) is 3. The van der Waals surface area contributed by atoms with E-state index in [4.69, 9.17) is 5.73 Å². The average molecular weight is 265 g/mol. The first kappa shape index (κ1) is 14.6. The van der Waals surface area contributed by atoms with Crippen molar-refractivity contribution in [3.63, 3.8) is 0 Å². The SMILES string of the molecule is CC(NS(=O)(=O)NCC(F)(F)F)C(N)=S. The summed E-state index contributed by atoms with van der Waals surface area (Å²) in [6.07, 6.45) is -4.61. The standard InChI is InChI=1S/C5H10F3N3O2S2/c1-3(4(9)14)11-15(12,13)10-2-5(6,7)8/h3,10-11H,2H2,1H3,(H2,9,14). The van der Waals surface area contributed by atoms with Gasteiger partial charge in [-0.05, 0) is 6.92 Å². The van der Waals surface area contributed by atoms with Crippen molar-refractivity contribution in [2.75, 3.05) is 6.54 Å². The Morgan fingerprint density at radius 2 is 2.00 bits per heavy atom. The lowest BCUT2D eigenvalue weighted by molar-refractivity contribution is -0.121. The molecule has 0 bridgehead atoms. The lowest BCUT2D eigenvalue weighted by Gasteiger charge is -2.14. The molecule has 1 atom stereocenters. The Hall–Kier alpha value is -0.450. The molecule has 0 aromatic heterocycles. The van der Waals surface area contributed by atoms with Gasteiger partial charge in [-0.3, -0.25) is 0 Å². The molecule has 0 amide bonds. The molecule has 0 saturated carbocycles. The molecule has 0 aliphatic rings. The fourth-order valence-corrected chi connectivity index (χ4v) is 1.67. The van der Waals surface area contributed by atoms with Crippen molar-refractivity contribution in [1.29, 1.82) is 0 Å². The summed E-state index contributed by atoms with van der Waals surface area (Å²) in [4.78, 5) is -0.160. The van der Waals surface area contributed by atoms with Crippen molar-refractivity contribution in [2.45, 2.75) is 19.1 Å². The zero-order valence-corrected chi connectivity index (χ0v) is 9.26. The minimum absolute atomic E-state index is 0.160. The molecule has 5 nitrogen and oxygen atoms in total. The maximum absolute atomic E-state index is 11.7. The highest BCUT2D eigenvalue weighted by molar-refractivity contribution is 7.87. The van der Waals surface area contributed by atoms with Crippen LogP contribution in [0.4, 0.5) is 13.2 Å². The van der Waals surface area contributed by atoms with Gasteiger partial charge in [0.1, 0.15) is 6.54 Å². The third-order valence-corrected chi connectivity index (χ3v) is 2.76. The maximum atomic E-state index is 11.7. The summed E-state index contributed by atoms with van der Waals surface area (Å²) in [5.74, 6) is 0. The van der Waals surface area contributed by atoms with Gasteiger partial charge in [-0.1, -0.05) is 12.2 Å². The van der Waals surface area contributed by atoms with Crippen molar-refractivity contribution in [2.24, 2.45) is 5.73 Å². The number of rotatable bonds is 5. The Morgan fingerprint density at radius 3 is 2.33 bits per heavy atom. The van der Waals surface area contributed by atoms with Crippen LogP contribution >= 0.6 is 12.2 Å². The van der Waals surface area contributed by atoms with Crippen LogP contribution < -0.4 is 15.2 Å². The molecule has 4 N–H and O–H groups in total. The molecule has 0 spiro atoms. The monoisotopic (exact) mass is 265 g/mol. The third-order valence-electron chi connectivity index (χ3n) is 1.22. The molecule has 1 unspecified atom stereocenters. The van der Waals surface area contributed by atoms with Gasteiger partial charge < -0.3 is 5.73 Å². The largest absolute Gasteiger partial charge is 0.402 e. The molecular weight excluding hydrogens is 255 g/mol. The molecule has 90 valence electrons. The molecule has 0 rings (SSSR count). The normalized spacial score (nSPS) is 14.9. The summed E-state index contributed by atoms with van der Waals surface area (Å²) in [7, 11) is -4.25. The van der Waals surface area contributed by atoms with Crippen molar-refractivity contribution < 1.29 is 21.6 Å². The average Bonchev–Trinajstić information content (AvgIpc) is 1.99. The van der Waals surface area contributed by atoms with Crippen LogP contribution in [0.15, 0.2) is 0 Å². The second-order valence-corrected chi connectivity index (χ2v) is 4.68.